The van der Waals surface area contributed by atoms with E-state index in [-0.39, 0.29) is 11.9 Å². The summed E-state index contributed by atoms with van der Waals surface area (Å²) in [5.74, 6) is 1.95. The lowest BCUT2D eigenvalue weighted by Crippen LogP contribution is -2.39. The number of benzene rings is 2. The Balaban J connectivity index is 1.66. The number of rotatable bonds is 8. The predicted octanol–water partition coefficient (Wildman–Crippen LogP) is 5.24. The third-order valence-electron chi connectivity index (χ3n) is 5.54. The molecule has 156 valence electrons. The van der Waals surface area contributed by atoms with Crippen LogP contribution in [0.1, 0.15) is 62.8 Å². The van der Waals surface area contributed by atoms with Gasteiger partial charge in [-0.1, -0.05) is 32.0 Å². The van der Waals surface area contributed by atoms with E-state index in [2.05, 4.69) is 31.3 Å². The SMILES string of the molecule is COc1ccc([C@H](CC(C)C)NC(=O)[C@H](C)Oc2ccc3c(c2)CCCC3)cc1. The number of hydrogen-bond acceptors (Lipinski definition) is 3. The molecule has 1 aliphatic carbocycles. The minimum absolute atomic E-state index is 0.0528. The van der Waals surface area contributed by atoms with Crippen molar-refractivity contribution in [2.45, 2.75) is 65.0 Å². The van der Waals surface area contributed by atoms with E-state index in [1.807, 2.05) is 37.3 Å². The van der Waals surface area contributed by atoms with Gasteiger partial charge in [0.15, 0.2) is 6.10 Å². The van der Waals surface area contributed by atoms with Gasteiger partial charge in [-0.3, -0.25) is 4.79 Å². The van der Waals surface area contributed by atoms with Gasteiger partial charge in [-0.05, 0) is 85.9 Å². The fourth-order valence-electron chi connectivity index (χ4n) is 3.92. The van der Waals surface area contributed by atoms with Gasteiger partial charge >= 0.3 is 0 Å². The molecule has 2 aromatic rings. The molecule has 1 N–H and O–H groups in total. The topological polar surface area (TPSA) is 47.6 Å². The van der Waals surface area contributed by atoms with Crippen LogP contribution >= 0.6 is 0 Å². The van der Waals surface area contributed by atoms with Crippen LogP contribution < -0.4 is 14.8 Å². The number of carbonyl (C=O) groups excluding carboxylic acids is 1. The molecule has 0 bridgehead atoms. The third kappa shape index (κ3) is 5.75. The predicted molar refractivity (Wildman–Crippen MR) is 117 cm³/mol. The molecule has 1 amide bonds. The van der Waals surface area contributed by atoms with Crippen LogP contribution in [-0.2, 0) is 17.6 Å². The fourth-order valence-corrected chi connectivity index (χ4v) is 3.92. The highest BCUT2D eigenvalue weighted by atomic mass is 16.5. The van der Waals surface area contributed by atoms with Gasteiger partial charge in [0.2, 0.25) is 0 Å². The Morgan fingerprint density at radius 2 is 1.62 bits per heavy atom. The molecule has 0 aromatic heterocycles. The molecule has 0 fully saturated rings. The second kappa shape index (κ2) is 9.82. The quantitative estimate of drug-likeness (QED) is 0.664. The molecular formula is C25H33NO3. The van der Waals surface area contributed by atoms with Gasteiger partial charge in [0.1, 0.15) is 11.5 Å². The smallest absolute Gasteiger partial charge is 0.261 e. The standard InChI is InChI=1S/C25H33NO3/c1-17(2)15-24(20-10-12-22(28-4)13-11-20)26-25(27)18(3)29-23-14-9-19-7-5-6-8-21(19)16-23/h9-14,16-18,24H,5-8,15H2,1-4H3,(H,26,27)/t18-,24-/m0/s1. The zero-order valence-corrected chi connectivity index (χ0v) is 18.0. The Morgan fingerprint density at radius 3 is 2.28 bits per heavy atom. The summed E-state index contributed by atoms with van der Waals surface area (Å²) in [6.07, 6.45) is 5.04. The maximum Gasteiger partial charge on any atom is 0.261 e. The average molecular weight is 396 g/mol. The van der Waals surface area contributed by atoms with Gasteiger partial charge in [0, 0.05) is 0 Å². The second-order valence-electron chi connectivity index (χ2n) is 8.36. The number of aryl methyl sites for hydroxylation is 2. The molecule has 0 unspecified atom stereocenters. The lowest BCUT2D eigenvalue weighted by atomic mass is 9.92. The zero-order chi connectivity index (χ0) is 20.8. The van der Waals surface area contributed by atoms with E-state index >= 15 is 0 Å². The van der Waals surface area contributed by atoms with Gasteiger partial charge in [-0.25, -0.2) is 0 Å². The van der Waals surface area contributed by atoms with E-state index in [1.54, 1.807) is 7.11 Å². The number of ether oxygens (including phenoxy) is 2. The van der Waals surface area contributed by atoms with Crippen LogP contribution in [0.15, 0.2) is 42.5 Å². The van der Waals surface area contributed by atoms with Crippen LogP contribution in [0.2, 0.25) is 0 Å². The summed E-state index contributed by atoms with van der Waals surface area (Å²) in [4.78, 5) is 12.9. The highest BCUT2D eigenvalue weighted by Crippen LogP contribution is 2.27. The van der Waals surface area contributed by atoms with Crippen molar-refractivity contribution in [1.29, 1.82) is 0 Å². The molecule has 2 aromatic carbocycles. The van der Waals surface area contributed by atoms with Crippen LogP contribution in [0.25, 0.3) is 0 Å². The normalized spacial score (nSPS) is 15.3. The molecule has 0 radical (unpaired) electrons. The van der Waals surface area contributed by atoms with E-state index < -0.39 is 6.10 Å². The first kappa shape index (κ1) is 21.2. The largest absolute Gasteiger partial charge is 0.497 e. The highest BCUT2D eigenvalue weighted by molar-refractivity contribution is 5.81. The molecule has 1 aliphatic rings. The Kier molecular flexibility index (Phi) is 7.18. The molecule has 0 saturated heterocycles. The molecule has 2 atom stereocenters. The third-order valence-corrected chi connectivity index (χ3v) is 5.54. The molecule has 29 heavy (non-hydrogen) atoms. The summed E-state index contributed by atoms with van der Waals surface area (Å²) >= 11 is 0. The van der Waals surface area contributed by atoms with Gasteiger partial charge in [-0.15, -0.1) is 0 Å². The first-order chi connectivity index (χ1) is 14.0. The van der Waals surface area contributed by atoms with E-state index in [9.17, 15) is 4.79 Å². The van der Waals surface area contributed by atoms with Crippen LogP contribution in [0, 0.1) is 5.92 Å². The number of fused-ring (bicyclic) bond motifs is 1. The summed E-state index contributed by atoms with van der Waals surface area (Å²) in [6, 6.07) is 14.1. The minimum atomic E-state index is -0.551. The first-order valence-corrected chi connectivity index (χ1v) is 10.7. The zero-order valence-electron chi connectivity index (χ0n) is 18.0. The van der Waals surface area contributed by atoms with E-state index in [0.29, 0.717) is 5.92 Å². The van der Waals surface area contributed by atoms with Crippen molar-refractivity contribution in [2.24, 2.45) is 5.92 Å². The van der Waals surface area contributed by atoms with E-state index in [0.717, 1.165) is 36.3 Å². The van der Waals surface area contributed by atoms with Gasteiger partial charge in [0.25, 0.3) is 5.91 Å². The van der Waals surface area contributed by atoms with Crippen molar-refractivity contribution < 1.29 is 14.3 Å². The Bertz CT molecular complexity index is 813. The van der Waals surface area contributed by atoms with Crippen molar-refractivity contribution in [2.75, 3.05) is 7.11 Å². The summed E-state index contributed by atoms with van der Waals surface area (Å²) in [5, 5.41) is 3.18. The van der Waals surface area contributed by atoms with Gasteiger partial charge in [-0.2, -0.15) is 0 Å². The summed E-state index contributed by atoms with van der Waals surface area (Å²) in [5.41, 5.74) is 3.85. The van der Waals surface area contributed by atoms with Crippen molar-refractivity contribution in [1.82, 2.24) is 5.32 Å². The molecule has 4 heteroatoms. The molecule has 0 saturated carbocycles. The molecule has 4 nitrogen and oxygen atoms in total. The number of hydrogen-bond donors (Lipinski definition) is 1. The maximum absolute atomic E-state index is 12.9. The van der Waals surface area contributed by atoms with Crippen LogP contribution in [0.3, 0.4) is 0 Å². The van der Waals surface area contributed by atoms with Crippen molar-refractivity contribution in [3.8, 4) is 11.5 Å². The van der Waals surface area contributed by atoms with Crippen LogP contribution in [0.5, 0.6) is 11.5 Å². The number of amides is 1. The molecular weight excluding hydrogens is 362 g/mol. The summed E-state index contributed by atoms with van der Waals surface area (Å²) in [7, 11) is 1.65. The Morgan fingerprint density at radius 1 is 0.966 bits per heavy atom. The van der Waals surface area contributed by atoms with E-state index in [4.69, 9.17) is 9.47 Å². The van der Waals surface area contributed by atoms with Gasteiger partial charge in [0.05, 0.1) is 13.2 Å². The lowest BCUT2D eigenvalue weighted by molar-refractivity contribution is -0.128. The number of methoxy groups -OCH3 is 1. The maximum atomic E-state index is 12.9. The van der Waals surface area contributed by atoms with Crippen LogP contribution in [-0.4, -0.2) is 19.1 Å². The van der Waals surface area contributed by atoms with Crippen LogP contribution in [0.4, 0.5) is 0 Å². The second-order valence-corrected chi connectivity index (χ2v) is 8.36. The summed E-state index contributed by atoms with van der Waals surface area (Å²) < 4.78 is 11.2. The van der Waals surface area contributed by atoms with E-state index in [1.165, 1.54) is 24.0 Å². The molecule has 3 rings (SSSR count). The summed E-state index contributed by atoms with van der Waals surface area (Å²) in [6.45, 7) is 6.14. The lowest BCUT2D eigenvalue weighted by Gasteiger charge is -2.24. The van der Waals surface area contributed by atoms with Gasteiger partial charge < -0.3 is 14.8 Å². The average Bonchev–Trinajstić information content (AvgIpc) is 2.73. The monoisotopic (exact) mass is 395 g/mol. The first-order valence-electron chi connectivity index (χ1n) is 10.7. The van der Waals surface area contributed by atoms with Crippen molar-refractivity contribution in [3.63, 3.8) is 0 Å². The minimum Gasteiger partial charge on any atom is -0.497 e. The molecule has 0 spiro atoms. The molecule has 0 heterocycles. The Labute approximate surface area is 174 Å². The highest BCUT2D eigenvalue weighted by Gasteiger charge is 2.22. The fraction of sp³-hybridized carbons (Fsp3) is 0.480. The number of nitrogens with one attached hydrogen (secondary N) is 1. The number of carbonyl (C=O) groups is 1. The van der Waals surface area contributed by atoms with Crippen molar-refractivity contribution >= 4 is 5.91 Å². The van der Waals surface area contributed by atoms with Crippen molar-refractivity contribution in [3.05, 3.63) is 59.2 Å². The molecule has 0 aliphatic heterocycles. The Hall–Kier alpha value is -2.49.